The van der Waals surface area contributed by atoms with Gasteiger partial charge >= 0.3 is 0 Å². The second-order valence-corrected chi connectivity index (χ2v) is 29.0. The minimum atomic E-state index is -1.58. The molecule has 0 unspecified atom stereocenters. The summed E-state index contributed by atoms with van der Waals surface area (Å²) in [5.41, 5.74) is 0. The topological polar surface area (TPSA) is 255 Å². The predicted octanol–water partition coefficient (Wildman–Crippen LogP) is 6.08. The first-order chi connectivity index (χ1) is 42.2. The van der Waals surface area contributed by atoms with E-state index in [2.05, 4.69) is 10.2 Å². The Morgan fingerprint density at radius 3 is 1.43 bits per heavy atom. The van der Waals surface area contributed by atoms with E-state index in [9.17, 15) is 33.9 Å². The number of carbonyl (C=O) groups excluding carboxylic acids is 11. The molecule has 0 spiro atoms. The number of rotatable bonds is 17. The van der Waals surface area contributed by atoms with Crippen molar-refractivity contribution in [2.24, 2.45) is 59.2 Å². The minimum absolute atomic E-state index is 0.0331. The average molecular weight is 1290 g/mol. The Kier molecular flexibility index (Phi) is 33.7. The Hall–Kier alpha value is -5.35. The van der Waals surface area contributed by atoms with Crippen LogP contribution in [0, 0.1) is 59.2 Å². The highest BCUT2D eigenvalue weighted by molar-refractivity contribution is 6.00. The summed E-state index contributed by atoms with van der Waals surface area (Å²) in [6.45, 7) is 33.2. The maximum absolute atomic E-state index is 15.3. The third-order valence-corrected chi connectivity index (χ3v) is 19.2. The molecule has 2 rings (SSSR count). The number of unbranched alkanes of at least 4 members (excludes halogenated alkanes) is 1. The SMILES string of the molecule is CCCC[C@@H](C)[C@@H](O)[C@H]1C(=O)N[C@@H](CC)C(=O)N(C)[C@H](C)C(=O)N(C)[C@@H]([C@@H](C)CN2CCOCC2)C(=O)C[C@@H](C(C)C)C(=O)N(C)[C@@H](CC(C)C)C(=O)C[C@@H](C)C(=O)C[C@H](C)C(=O)N(C)[C@@H](CC(C)C)C(=O)N(C)[C@@H](CC(C)C)C(=O)N(C)[C@@H](C(C)C)C(=O)N1C. The van der Waals surface area contributed by atoms with E-state index in [0.29, 0.717) is 45.7 Å². The molecule has 2 aliphatic rings. The van der Waals surface area contributed by atoms with Crippen molar-refractivity contribution >= 4 is 64.6 Å². The van der Waals surface area contributed by atoms with Crippen LogP contribution in [-0.4, -0.2) is 246 Å². The fraction of sp³-hybridized carbons (Fsp3) is 0.841. The van der Waals surface area contributed by atoms with Crippen molar-refractivity contribution in [2.75, 3.05) is 82.2 Å². The van der Waals surface area contributed by atoms with Gasteiger partial charge in [-0.3, -0.25) is 57.6 Å². The largest absolute Gasteiger partial charge is 0.390 e. The highest BCUT2D eigenvalue weighted by Crippen LogP contribution is 2.30. The van der Waals surface area contributed by atoms with Crippen LogP contribution >= 0.6 is 0 Å². The summed E-state index contributed by atoms with van der Waals surface area (Å²) in [7, 11) is 10.3. The second-order valence-electron chi connectivity index (χ2n) is 29.0. The third-order valence-electron chi connectivity index (χ3n) is 19.2. The van der Waals surface area contributed by atoms with Crippen LogP contribution in [-0.2, 0) is 57.5 Å². The van der Waals surface area contributed by atoms with E-state index in [1.165, 1.54) is 78.6 Å². The monoisotopic (exact) mass is 1290 g/mol. The molecule has 0 saturated carbocycles. The molecule has 22 heteroatoms. The molecule has 22 nitrogen and oxygen atoms in total. The summed E-state index contributed by atoms with van der Waals surface area (Å²) in [5.74, 6) is -11.0. The van der Waals surface area contributed by atoms with Crippen LogP contribution in [0.3, 0.4) is 0 Å². The first kappa shape index (κ1) is 81.7. The second kappa shape index (κ2) is 37.5. The van der Waals surface area contributed by atoms with Crippen LogP contribution in [0.5, 0.6) is 0 Å². The Morgan fingerprint density at radius 2 is 0.945 bits per heavy atom. The number of nitrogens with one attached hydrogen (secondary N) is 1. The van der Waals surface area contributed by atoms with Crippen LogP contribution in [0.2, 0.25) is 0 Å². The molecular weight excluding hydrogens is 1160 g/mol. The van der Waals surface area contributed by atoms with Crippen molar-refractivity contribution in [2.45, 2.75) is 236 Å². The highest BCUT2D eigenvalue weighted by Gasteiger charge is 2.47. The van der Waals surface area contributed by atoms with Crippen LogP contribution in [0.15, 0.2) is 0 Å². The van der Waals surface area contributed by atoms with E-state index in [-0.39, 0.29) is 74.3 Å². The molecule has 2 heterocycles. The fourth-order valence-corrected chi connectivity index (χ4v) is 13.1. The molecular formula is C69H123N9O13. The van der Waals surface area contributed by atoms with Crippen molar-refractivity contribution in [3.63, 3.8) is 0 Å². The summed E-state index contributed by atoms with van der Waals surface area (Å²) in [4.78, 5) is 175. The zero-order valence-electron chi connectivity index (χ0n) is 60.5. The predicted molar refractivity (Wildman–Crippen MR) is 354 cm³/mol. The molecule has 0 bridgehead atoms. The summed E-state index contributed by atoms with van der Waals surface area (Å²) in [6, 6.07) is -9.56. The number of Topliss-reactive ketones (excluding diaryl/α,β-unsaturated/α-hetero) is 3. The highest BCUT2D eigenvalue weighted by atomic mass is 16.5. The van der Waals surface area contributed by atoms with Gasteiger partial charge in [0, 0.05) is 106 Å². The number of aliphatic hydroxyl groups excluding tert-OH is 1. The summed E-state index contributed by atoms with van der Waals surface area (Å²) < 4.78 is 5.62. The van der Waals surface area contributed by atoms with E-state index >= 15 is 24.0 Å². The fourth-order valence-electron chi connectivity index (χ4n) is 13.1. The Labute approximate surface area is 547 Å². The van der Waals surface area contributed by atoms with Crippen molar-refractivity contribution < 1.29 is 62.6 Å². The summed E-state index contributed by atoms with van der Waals surface area (Å²) in [5, 5.41) is 15.1. The van der Waals surface area contributed by atoms with Crippen LogP contribution in [0.25, 0.3) is 0 Å². The quantitative estimate of drug-likeness (QED) is 0.168. The number of likely N-dealkylation sites (N-methyl/N-ethyl adjacent to an activating group) is 7. The lowest BCUT2D eigenvalue weighted by Gasteiger charge is -2.41. The van der Waals surface area contributed by atoms with Gasteiger partial charge in [-0.15, -0.1) is 0 Å². The Bertz CT molecular complexity index is 2450. The number of hydrogen-bond acceptors (Lipinski definition) is 14. The lowest BCUT2D eigenvalue weighted by atomic mass is 9.83. The molecule has 2 saturated heterocycles. The van der Waals surface area contributed by atoms with Gasteiger partial charge in [-0.05, 0) is 80.5 Å². The number of hydrogen-bond donors (Lipinski definition) is 2. The van der Waals surface area contributed by atoms with Gasteiger partial charge in [-0.2, -0.15) is 0 Å². The van der Waals surface area contributed by atoms with E-state index in [4.69, 9.17) is 4.74 Å². The summed E-state index contributed by atoms with van der Waals surface area (Å²) >= 11 is 0. The standard InChI is InChI=1S/C69H123N9O13/c1-25-27-28-45(13)61(82)60-62(83)70-51(26-2)66(87)71(18)49(17)64(85)76(23)59(48(16)39-78-29-31-91-32-30-78)57(81)38-50(43(9)10)65(86)72(19)52(33-40(3)4)56(80)36-46(14)55(79)37-47(15)63(84)73(20)53(34-41(5)6)67(88)74(21)54(35-42(7)8)68(89)75(22)58(44(11)12)69(90)77(60)24/h40-54,58-61,82H,25-39H2,1-24H3,(H,70,83)/t45-,46-,47+,48+,49-,50+,51+,52+,53+,54+,58+,59+,60+,61-/m1/s1. The lowest BCUT2D eigenvalue weighted by molar-refractivity contribution is -0.157. The first-order valence-corrected chi connectivity index (χ1v) is 33.9. The molecule has 0 radical (unpaired) electrons. The molecule has 8 amide bonds. The molecule has 0 aliphatic carbocycles. The van der Waals surface area contributed by atoms with Gasteiger partial charge < -0.3 is 49.5 Å². The van der Waals surface area contributed by atoms with E-state index in [0.717, 1.165) is 11.3 Å². The van der Waals surface area contributed by atoms with E-state index < -0.39 is 149 Å². The van der Waals surface area contributed by atoms with Gasteiger partial charge in [0.25, 0.3) is 0 Å². The van der Waals surface area contributed by atoms with Crippen LogP contribution < -0.4 is 5.32 Å². The zero-order chi connectivity index (χ0) is 70.0. The van der Waals surface area contributed by atoms with Gasteiger partial charge in [0.05, 0.1) is 31.4 Å². The first-order valence-electron chi connectivity index (χ1n) is 33.9. The number of nitrogens with zero attached hydrogens (tertiary/aromatic N) is 8. The molecule has 2 aliphatic heterocycles. The molecule has 2 fully saturated rings. The molecule has 2 N–H and O–H groups in total. The van der Waals surface area contributed by atoms with Gasteiger partial charge in [0.2, 0.25) is 47.3 Å². The van der Waals surface area contributed by atoms with Crippen LogP contribution in [0.1, 0.15) is 182 Å². The molecule has 0 aromatic rings. The van der Waals surface area contributed by atoms with Crippen molar-refractivity contribution in [3.05, 3.63) is 0 Å². The third kappa shape index (κ3) is 22.4. The van der Waals surface area contributed by atoms with Crippen molar-refractivity contribution in [1.82, 2.24) is 44.5 Å². The zero-order valence-corrected chi connectivity index (χ0v) is 60.5. The van der Waals surface area contributed by atoms with E-state index in [1.807, 2.05) is 69.2 Å². The molecule has 0 aromatic heterocycles. The number of carbonyl (C=O) groups is 11. The molecule has 522 valence electrons. The van der Waals surface area contributed by atoms with Gasteiger partial charge in [0.15, 0.2) is 11.6 Å². The Balaban J connectivity index is 3.04. The number of ketones is 3. The van der Waals surface area contributed by atoms with Crippen LogP contribution in [0.4, 0.5) is 0 Å². The molecule has 0 aromatic carbocycles. The lowest BCUT2D eigenvalue weighted by Crippen LogP contribution is -2.63. The van der Waals surface area contributed by atoms with E-state index in [1.54, 1.807) is 48.6 Å². The Morgan fingerprint density at radius 1 is 0.484 bits per heavy atom. The molecule has 91 heavy (non-hydrogen) atoms. The van der Waals surface area contributed by atoms with Gasteiger partial charge in [-0.25, -0.2) is 0 Å². The number of aliphatic hydroxyl groups is 1. The smallest absolute Gasteiger partial charge is 0.246 e. The van der Waals surface area contributed by atoms with Crippen molar-refractivity contribution in [1.29, 1.82) is 0 Å². The van der Waals surface area contributed by atoms with Gasteiger partial charge in [-0.1, -0.05) is 124 Å². The number of amides is 8. The molecule has 14 atom stereocenters. The van der Waals surface area contributed by atoms with Crippen molar-refractivity contribution in [3.8, 4) is 0 Å². The number of morpholine rings is 1. The maximum Gasteiger partial charge on any atom is 0.246 e. The van der Waals surface area contributed by atoms with Gasteiger partial charge in [0.1, 0.15) is 42.0 Å². The maximum atomic E-state index is 15.3. The summed E-state index contributed by atoms with van der Waals surface area (Å²) in [6.07, 6.45) is 0.423. The average Bonchev–Trinajstić information content (AvgIpc) is 2.18. The number of ether oxygens (including phenoxy) is 1. The normalized spacial score (nSPS) is 28.4. The minimum Gasteiger partial charge on any atom is -0.390 e.